The number of hydrogen-bond donors (Lipinski definition) is 1. The van der Waals surface area contributed by atoms with Crippen LogP contribution in [0.4, 0.5) is 0 Å². The standard InChI is InChI=1S/C12H28N2O2S/c1-6-11(7-2)14(9-8-13)17(15,16)10-12(3,4)5/h11H,6-10,13H2,1-5H3. The molecule has 0 fully saturated rings. The Morgan fingerprint density at radius 2 is 1.65 bits per heavy atom. The van der Waals surface area contributed by atoms with Crippen molar-refractivity contribution in [3.63, 3.8) is 0 Å². The summed E-state index contributed by atoms with van der Waals surface area (Å²) >= 11 is 0. The third-order valence-electron chi connectivity index (χ3n) is 2.67. The van der Waals surface area contributed by atoms with E-state index in [1.54, 1.807) is 4.31 Å². The molecule has 104 valence electrons. The van der Waals surface area contributed by atoms with E-state index in [1.807, 2.05) is 34.6 Å². The molecule has 5 heteroatoms. The summed E-state index contributed by atoms with van der Waals surface area (Å²) < 4.78 is 26.3. The molecule has 4 nitrogen and oxygen atoms in total. The maximum atomic E-state index is 12.4. The van der Waals surface area contributed by atoms with E-state index in [4.69, 9.17) is 5.73 Å². The fourth-order valence-electron chi connectivity index (χ4n) is 2.00. The lowest BCUT2D eigenvalue weighted by atomic mass is 10.0. The lowest BCUT2D eigenvalue weighted by Crippen LogP contribution is -2.45. The molecule has 0 unspecified atom stereocenters. The summed E-state index contributed by atoms with van der Waals surface area (Å²) in [7, 11) is -3.21. The normalized spacial score (nSPS) is 13.6. The largest absolute Gasteiger partial charge is 0.329 e. The second-order valence-electron chi connectivity index (χ2n) is 5.69. The maximum Gasteiger partial charge on any atom is 0.214 e. The van der Waals surface area contributed by atoms with Crippen molar-refractivity contribution in [2.24, 2.45) is 11.1 Å². The van der Waals surface area contributed by atoms with E-state index in [2.05, 4.69) is 0 Å². The fraction of sp³-hybridized carbons (Fsp3) is 1.00. The van der Waals surface area contributed by atoms with E-state index in [1.165, 1.54) is 0 Å². The molecule has 0 aliphatic heterocycles. The van der Waals surface area contributed by atoms with Crippen LogP contribution in [0, 0.1) is 5.41 Å². The van der Waals surface area contributed by atoms with Crippen LogP contribution in [-0.4, -0.2) is 37.6 Å². The van der Waals surface area contributed by atoms with Crippen LogP contribution >= 0.6 is 0 Å². The summed E-state index contributed by atoms with van der Waals surface area (Å²) in [6.07, 6.45) is 1.67. The molecule has 0 saturated heterocycles. The first-order valence-electron chi connectivity index (χ1n) is 6.37. The summed E-state index contributed by atoms with van der Waals surface area (Å²) in [5, 5.41) is 0. The van der Waals surface area contributed by atoms with Crippen LogP contribution < -0.4 is 5.73 Å². The molecule has 0 aliphatic rings. The molecule has 0 radical (unpaired) electrons. The molecule has 0 bridgehead atoms. The summed E-state index contributed by atoms with van der Waals surface area (Å²) in [4.78, 5) is 0. The van der Waals surface area contributed by atoms with Gasteiger partial charge in [-0.15, -0.1) is 0 Å². The fourth-order valence-corrected chi connectivity index (χ4v) is 4.40. The van der Waals surface area contributed by atoms with Crippen molar-refractivity contribution in [2.45, 2.75) is 53.5 Å². The minimum atomic E-state index is -3.21. The Labute approximate surface area is 107 Å². The van der Waals surface area contributed by atoms with Crippen LogP contribution in [0.25, 0.3) is 0 Å². The predicted molar refractivity (Wildman–Crippen MR) is 73.4 cm³/mol. The van der Waals surface area contributed by atoms with Gasteiger partial charge in [-0.25, -0.2) is 8.42 Å². The SMILES string of the molecule is CCC(CC)N(CCN)S(=O)(=O)CC(C)(C)C. The van der Waals surface area contributed by atoms with Crippen molar-refractivity contribution in [3.05, 3.63) is 0 Å². The second-order valence-corrected chi connectivity index (χ2v) is 7.61. The van der Waals surface area contributed by atoms with Crippen LogP contribution in [0.5, 0.6) is 0 Å². The topological polar surface area (TPSA) is 63.4 Å². The minimum Gasteiger partial charge on any atom is -0.329 e. The molecule has 0 aliphatic carbocycles. The monoisotopic (exact) mass is 264 g/mol. The van der Waals surface area contributed by atoms with Crippen molar-refractivity contribution in [2.75, 3.05) is 18.8 Å². The highest BCUT2D eigenvalue weighted by atomic mass is 32.2. The quantitative estimate of drug-likeness (QED) is 0.763. The number of rotatable bonds is 7. The Morgan fingerprint density at radius 1 is 1.18 bits per heavy atom. The van der Waals surface area contributed by atoms with E-state index in [0.717, 1.165) is 12.8 Å². The van der Waals surface area contributed by atoms with Gasteiger partial charge in [0.05, 0.1) is 5.75 Å². The van der Waals surface area contributed by atoms with E-state index in [0.29, 0.717) is 13.1 Å². The molecule has 0 aromatic heterocycles. The van der Waals surface area contributed by atoms with Gasteiger partial charge in [-0.1, -0.05) is 34.6 Å². The van der Waals surface area contributed by atoms with Gasteiger partial charge in [-0.3, -0.25) is 0 Å². The first kappa shape index (κ1) is 16.9. The van der Waals surface area contributed by atoms with Gasteiger partial charge < -0.3 is 5.73 Å². The summed E-state index contributed by atoms with van der Waals surface area (Å²) in [5.41, 5.74) is 5.31. The van der Waals surface area contributed by atoms with E-state index >= 15 is 0 Å². The molecule has 0 saturated carbocycles. The minimum absolute atomic E-state index is 0.0749. The number of nitrogens with two attached hydrogens (primary N) is 1. The van der Waals surface area contributed by atoms with Gasteiger partial charge >= 0.3 is 0 Å². The van der Waals surface area contributed by atoms with Crippen molar-refractivity contribution in [1.82, 2.24) is 4.31 Å². The molecular formula is C12H28N2O2S. The van der Waals surface area contributed by atoms with Gasteiger partial charge in [0.1, 0.15) is 0 Å². The van der Waals surface area contributed by atoms with Crippen LogP contribution in [-0.2, 0) is 10.0 Å². The zero-order valence-electron chi connectivity index (χ0n) is 11.9. The van der Waals surface area contributed by atoms with Gasteiger partial charge in [0.25, 0.3) is 0 Å². The van der Waals surface area contributed by atoms with Crippen molar-refractivity contribution < 1.29 is 8.42 Å². The average molecular weight is 264 g/mol. The average Bonchev–Trinajstić information content (AvgIpc) is 2.14. The van der Waals surface area contributed by atoms with Crippen LogP contribution in [0.2, 0.25) is 0 Å². The second kappa shape index (κ2) is 6.71. The summed E-state index contributed by atoms with van der Waals surface area (Å²) in [6.45, 7) is 10.7. The zero-order valence-corrected chi connectivity index (χ0v) is 12.7. The smallest absolute Gasteiger partial charge is 0.214 e. The Hall–Kier alpha value is -0.130. The number of hydrogen-bond acceptors (Lipinski definition) is 3. The first-order chi connectivity index (χ1) is 7.68. The third-order valence-corrected chi connectivity index (χ3v) is 5.10. The lowest BCUT2D eigenvalue weighted by molar-refractivity contribution is 0.302. The van der Waals surface area contributed by atoms with Crippen LogP contribution in [0.1, 0.15) is 47.5 Å². The maximum absolute atomic E-state index is 12.4. The van der Waals surface area contributed by atoms with Crippen molar-refractivity contribution in [3.8, 4) is 0 Å². The number of sulfonamides is 1. The van der Waals surface area contributed by atoms with E-state index in [-0.39, 0.29) is 17.2 Å². The van der Waals surface area contributed by atoms with Crippen LogP contribution in [0.3, 0.4) is 0 Å². The summed E-state index contributed by atoms with van der Waals surface area (Å²) in [6, 6.07) is 0.0749. The molecule has 0 amide bonds. The molecule has 0 aromatic carbocycles. The highest BCUT2D eigenvalue weighted by Gasteiger charge is 2.31. The van der Waals surface area contributed by atoms with Gasteiger partial charge in [0, 0.05) is 19.1 Å². The Morgan fingerprint density at radius 3 is 1.94 bits per heavy atom. The molecule has 17 heavy (non-hydrogen) atoms. The molecule has 0 rings (SSSR count). The molecular weight excluding hydrogens is 236 g/mol. The molecule has 0 spiro atoms. The molecule has 0 heterocycles. The van der Waals surface area contributed by atoms with E-state index in [9.17, 15) is 8.42 Å². The van der Waals surface area contributed by atoms with Gasteiger partial charge in [-0.2, -0.15) is 4.31 Å². The number of nitrogens with zero attached hydrogens (tertiary/aromatic N) is 1. The Balaban J connectivity index is 5.03. The first-order valence-corrected chi connectivity index (χ1v) is 7.98. The van der Waals surface area contributed by atoms with Crippen LogP contribution in [0.15, 0.2) is 0 Å². The van der Waals surface area contributed by atoms with Crippen molar-refractivity contribution >= 4 is 10.0 Å². The predicted octanol–water partition coefficient (Wildman–Crippen LogP) is 1.81. The lowest BCUT2D eigenvalue weighted by Gasteiger charge is -2.31. The molecule has 0 aromatic rings. The van der Waals surface area contributed by atoms with Gasteiger partial charge in [0.15, 0.2) is 0 Å². The highest BCUT2D eigenvalue weighted by Crippen LogP contribution is 2.21. The van der Waals surface area contributed by atoms with E-state index < -0.39 is 10.0 Å². The van der Waals surface area contributed by atoms with Gasteiger partial charge in [-0.05, 0) is 18.3 Å². The molecule has 0 atom stereocenters. The third kappa shape index (κ3) is 5.84. The highest BCUT2D eigenvalue weighted by molar-refractivity contribution is 7.89. The Bertz CT molecular complexity index is 303. The molecule has 2 N–H and O–H groups in total. The van der Waals surface area contributed by atoms with Gasteiger partial charge in [0.2, 0.25) is 10.0 Å². The van der Waals surface area contributed by atoms with Crippen molar-refractivity contribution in [1.29, 1.82) is 0 Å². The summed E-state index contributed by atoms with van der Waals surface area (Å²) in [5.74, 6) is 0.177. The Kier molecular flexibility index (Phi) is 6.66. The zero-order chi connectivity index (χ0) is 13.7.